The molecular weight excluding hydrogens is 174 g/mol. The van der Waals surface area contributed by atoms with Crippen molar-refractivity contribution in [3.63, 3.8) is 0 Å². The van der Waals surface area contributed by atoms with Crippen LogP contribution in [0.4, 0.5) is 0 Å². The van der Waals surface area contributed by atoms with Gasteiger partial charge in [-0.15, -0.1) is 0 Å². The number of rotatable bonds is 2. The second-order valence-corrected chi connectivity index (χ2v) is 3.47. The third-order valence-electron chi connectivity index (χ3n) is 2.42. The van der Waals surface area contributed by atoms with Gasteiger partial charge < -0.3 is 20.6 Å². The highest BCUT2D eigenvalue weighted by atomic mass is 16.3. The minimum atomic E-state index is -0.971. The van der Waals surface area contributed by atoms with Gasteiger partial charge in [-0.05, 0) is 6.42 Å². The van der Waals surface area contributed by atoms with E-state index in [1.165, 1.54) is 6.92 Å². The molecule has 0 aromatic rings. The first-order valence-electron chi connectivity index (χ1n) is 4.30. The Kier molecular flexibility index (Phi) is 3.24. The predicted octanol–water partition coefficient (Wildman–Crippen LogP) is -1.77. The van der Waals surface area contributed by atoms with E-state index in [2.05, 4.69) is 5.32 Å². The molecule has 0 radical (unpaired) electrons. The summed E-state index contributed by atoms with van der Waals surface area (Å²) in [6.07, 6.45) is -1.50. The van der Waals surface area contributed by atoms with Crippen LogP contribution in [0.15, 0.2) is 0 Å². The Morgan fingerprint density at radius 2 is 2.08 bits per heavy atom. The molecule has 5 nitrogen and oxygen atoms in total. The average molecular weight is 189 g/mol. The van der Waals surface area contributed by atoms with E-state index in [1.807, 2.05) is 0 Å². The van der Waals surface area contributed by atoms with Crippen molar-refractivity contribution in [1.82, 2.24) is 5.32 Å². The molecule has 1 saturated carbocycles. The van der Waals surface area contributed by atoms with Gasteiger partial charge in [-0.2, -0.15) is 0 Å². The van der Waals surface area contributed by atoms with E-state index >= 15 is 0 Å². The summed E-state index contributed by atoms with van der Waals surface area (Å²) in [4.78, 5) is 10.7. The molecule has 0 heterocycles. The normalized spacial score (nSPS) is 39.1. The van der Waals surface area contributed by atoms with Crippen LogP contribution in [0.3, 0.4) is 0 Å². The fraction of sp³-hybridized carbons (Fsp3) is 0.875. The Morgan fingerprint density at radius 3 is 2.46 bits per heavy atom. The lowest BCUT2D eigenvalue weighted by molar-refractivity contribution is -0.120. The van der Waals surface area contributed by atoms with Crippen molar-refractivity contribution in [2.24, 2.45) is 5.92 Å². The first-order valence-corrected chi connectivity index (χ1v) is 4.30. The van der Waals surface area contributed by atoms with E-state index in [-0.39, 0.29) is 18.4 Å². The highest BCUT2D eigenvalue weighted by molar-refractivity contribution is 5.73. The zero-order chi connectivity index (χ0) is 10.0. The monoisotopic (exact) mass is 189 g/mol. The van der Waals surface area contributed by atoms with Crippen LogP contribution in [0, 0.1) is 5.92 Å². The van der Waals surface area contributed by atoms with Crippen LogP contribution in [0.2, 0.25) is 0 Å². The summed E-state index contributed by atoms with van der Waals surface area (Å²) < 4.78 is 0. The molecule has 0 bridgehead atoms. The topological polar surface area (TPSA) is 89.8 Å². The van der Waals surface area contributed by atoms with Crippen LogP contribution >= 0.6 is 0 Å². The molecular formula is C8H15NO4. The maximum atomic E-state index is 10.7. The largest absolute Gasteiger partial charge is 0.396 e. The number of carbonyl (C=O) groups excluding carboxylic acids is 1. The Morgan fingerprint density at radius 1 is 1.46 bits per heavy atom. The molecule has 0 aliphatic heterocycles. The van der Waals surface area contributed by atoms with Crippen molar-refractivity contribution in [2.75, 3.05) is 6.61 Å². The second-order valence-electron chi connectivity index (χ2n) is 3.47. The third kappa shape index (κ3) is 2.18. The molecule has 2 unspecified atom stereocenters. The Bertz CT molecular complexity index is 197. The lowest BCUT2D eigenvalue weighted by Gasteiger charge is -2.16. The number of aliphatic hydroxyl groups excluding tert-OH is 3. The van der Waals surface area contributed by atoms with Gasteiger partial charge >= 0.3 is 0 Å². The van der Waals surface area contributed by atoms with E-state index in [1.54, 1.807) is 0 Å². The van der Waals surface area contributed by atoms with Crippen molar-refractivity contribution >= 4 is 5.91 Å². The third-order valence-corrected chi connectivity index (χ3v) is 2.42. The number of aliphatic hydroxyl groups is 3. The maximum absolute atomic E-state index is 10.7. The highest BCUT2D eigenvalue weighted by Crippen LogP contribution is 2.26. The molecule has 1 amide bonds. The van der Waals surface area contributed by atoms with E-state index in [4.69, 9.17) is 5.11 Å². The predicted molar refractivity (Wildman–Crippen MR) is 44.8 cm³/mol. The molecule has 4 N–H and O–H groups in total. The number of hydrogen-bond donors (Lipinski definition) is 4. The summed E-state index contributed by atoms with van der Waals surface area (Å²) in [6, 6.07) is -0.440. The number of amides is 1. The lowest BCUT2D eigenvalue weighted by Crippen LogP contribution is -2.42. The summed E-state index contributed by atoms with van der Waals surface area (Å²) in [5, 5.41) is 30.2. The summed E-state index contributed by atoms with van der Waals surface area (Å²) >= 11 is 0. The Balaban J connectivity index is 2.55. The van der Waals surface area contributed by atoms with E-state index in [0.717, 1.165) is 0 Å². The molecule has 1 aliphatic carbocycles. The van der Waals surface area contributed by atoms with Crippen LogP contribution in [0.25, 0.3) is 0 Å². The molecule has 0 saturated heterocycles. The van der Waals surface area contributed by atoms with Crippen LogP contribution in [-0.4, -0.2) is 46.1 Å². The van der Waals surface area contributed by atoms with Crippen molar-refractivity contribution in [3.8, 4) is 0 Å². The van der Waals surface area contributed by atoms with Crippen LogP contribution in [0.5, 0.6) is 0 Å². The fourth-order valence-corrected chi connectivity index (χ4v) is 1.71. The molecule has 1 fully saturated rings. The van der Waals surface area contributed by atoms with E-state index < -0.39 is 18.2 Å². The summed E-state index contributed by atoms with van der Waals surface area (Å²) in [5.41, 5.74) is 0. The molecule has 1 aliphatic rings. The second kappa shape index (κ2) is 4.04. The van der Waals surface area contributed by atoms with Gasteiger partial charge in [0.15, 0.2) is 0 Å². The minimum Gasteiger partial charge on any atom is -0.396 e. The van der Waals surface area contributed by atoms with E-state index in [0.29, 0.717) is 6.42 Å². The molecule has 0 aromatic heterocycles. The summed E-state index contributed by atoms with van der Waals surface area (Å²) in [7, 11) is 0. The van der Waals surface area contributed by atoms with Gasteiger partial charge in [-0.3, -0.25) is 4.79 Å². The molecule has 76 valence electrons. The SMILES string of the molecule is CC(=O)N[C@H]1C[C@@H](CO)C(O)C1O. The van der Waals surface area contributed by atoms with Crippen LogP contribution < -0.4 is 5.32 Å². The standard InChI is InChI=1S/C8H15NO4/c1-4(11)9-6-2-5(3-10)7(12)8(6)13/h5-8,10,12-13H,2-3H2,1H3,(H,9,11)/t5-,6-,7?,8?/m0/s1. The van der Waals surface area contributed by atoms with Crippen molar-refractivity contribution in [1.29, 1.82) is 0 Å². The van der Waals surface area contributed by atoms with Gasteiger partial charge in [0.25, 0.3) is 0 Å². The Labute approximate surface area is 76.4 Å². The summed E-state index contributed by atoms with van der Waals surface area (Å²) in [5.74, 6) is -0.582. The maximum Gasteiger partial charge on any atom is 0.217 e. The molecule has 4 atom stereocenters. The molecule has 1 rings (SSSR count). The molecule has 0 aromatic carbocycles. The van der Waals surface area contributed by atoms with Crippen molar-refractivity contribution < 1.29 is 20.1 Å². The quantitative estimate of drug-likeness (QED) is 0.413. The fourth-order valence-electron chi connectivity index (χ4n) is 1.71. The smallest absolute Gasteiger partial charge is 0.217 e. The molecule has 0 spiro atoms. The van der Waals surface area contributed by atoms with Crippen molar-refractivity contribution in [2.45, 2.75) is 31.6 Å². The van der Waals surface area contributed by atoms with Crippen LogP contribution in [-0.2, 0) is 4.79 Å². The van der Waals surface area contributed by atoms with Crippen LogP contribution in [0.1, 0.15) is 13.3 Å². The number of nitrogens with one attached hydrogen (secondary N) is 1. The van der Waals surface area contributed by atoms with Gasteiger partial charge in [0, 0.05) is 19.4 Å². The average Bonchev–Trinajstić information content (AvgIpc) is 2.32. The zero-order valence-corrected chi connectivity index (χ0v) is 7.47. The van der Waals surface area contributed by atoms with Crippen molar-refractivity contribution in [3.05, 3.63) is 0 Å². The Hall–Kier alpha value is -0.650. The first kappa shape index (κ1) is 10.4. The summed E-state index contributed by atoms with van der Waals surface area (Å²) in [6.45, 7) is 1.18. The van der Waals surface area contributed by atoms with Gasteiger partial charge in [-0.25, -0.2) is 0 Å². The minimum absolute atomic E-state index is 0.172. The lowest BCUT2D eigenvalue weighted by atomic mass is 10.1. The zero-order valence-electron chi connectivity index (χ0n) is 7.47. The number of carbonyl (C=O) groups is 1. The van der Waals surface area contributed by atoms with Gasteiger partial charge in [-0.1, -0.05) is 0 Å². The van der Waals surface area contributed by atoms with Gasteiger partial charge in [0.05, 0.1) is 12.1 Å². The molecule has 13 heavy (non-hydrogen) atoms. The van der Waals surface area contributed by atoms with E-state index in [9.17, 15) is 15.0 Å². The van der Waals surface area contributed by atoms with Gasteiger partial charge in [0.2, 0.25) is 5.91 Å². The number of hydrogen-bond acceptors (Lipinski definition) is 4. The van der Waals surface area contributed by atoms with Gasteiger partial charge in [0.1, 0.15) is 6.10 Å². The molecule has 5 heteroatoms. The highest BCUT2D eigenvalue weighted by Gasteiger charge is 2.41. The first-order chi connectivity index (χ1) is 6.06.